The normalized spacial score (nSPS) is 14.2. The maximum absolute atomic E-state index is 13.2. The van der Waals surface area contributed by atoms with Gasteiger partial charge in [0, 0.05) is 17.1 Å². The minimum atomic E-state index is -0.212. The summed E-state index contributed by atoms with van der Waals surface area (Å²) in [6.07, 6.45) is 3.16. The zero-order valence-electron chi connectivity index (χ0n) is 12.6. The summed E-state index contributed by atoms with van der Waals surface area (Å²) in [5, 5.41) is 3.50. The van der Waals surface area contributed by atoms with Crippen LogP contribution in [0.25, 0.3) is 0 Å². The number of rotatable bonds is 9. The van der Waals surface area contributed by atoms with Crippen LogP contribution in [0.5, 0.6) is 0 Å². The van der Waals surface area contributed by atoms with Crippen LogP contribution in [0.4, 0.5) is 4.39 Å². The number of likely N-dealkylation sites (N-methyl/N-ethyl adjacent to an activating group) is 1. The Morgan fingerprint density at radius 3 is 2.60 bits per heavy atom. The van der Waals surface area contributed by atoms with Crippen LogP contribution in [0.1, 0.15) is 39.2 Å². The first kappa shape index (κ1) is 17.6. The van der Waals surface area contributed by atoms with Gasteiger partial charge < -0.3 is 10.1 Å². The van der Waals surface area contributed by atoms with Crippen molar-refractivity contribution < 1.29 is 9.13 Å². The maximum Gasteiger partial charge on any atom is 0.124 e. The van der Waals surface area contributed by atoms with Gasteiger partial charge in [-0.25, -0.2) is 4.39 Å². The van der Waals surface area contributed by atoms with Gasteiger partial charge in [-0.05, 0) is 44.0 Å². The predicted molar refractivity (Wildman–Crippen MR) is 85.6 cm³/mol. The lowest BCUT2D eigenvalue weighted by Gasteiger charge is -2.28. The van der Waals surface area contributed by atoms with E-state index in [9.17, 15) is 4.39 Å². The Bertz CT molecular complexity index is 394. The summed E-state index contributed by atoms with van der Waals surface area (Å²) in [5.41, 5.74) is 1.11. The summed E-state index contributed by atoms with van der Waals surface area (Å²) in [6, 6.07) is 5.13. The molecule has 1 N–H and O–H groups in total. The van der Waals surface area contributed by atoms with Gasteiger partial charge in [-0.1, -0.05) is 42.3 Å². The minimum Gasteiger partial charge on any atom is -0.377 e. The van der Waals surface area contributed by atoms with E-state index in [0.29, 0.717) is 0 Å². The van der Waals surface area contributed by atoms with E-state index in [1.165, 1.54) is 12.1 Å². The second kappa shape index (κ2) is 9.48. The molecule has 0 saturated carbocycles. The van der Waals surface area contributed by atoms with Crippen LogP contribution in [0.3, 0.4) is 0 Å². The SMILES string of the molecule is CCCC(OCC)C(Cc1ccc(F)cc1Br)NCC. The molecule has 1 aromatic rings. The van der Waals surface area contributed by atoms with E-state index < -0.39 is 0 Å². The number of nitrogens with one attached hydrogen (secondary N) is 1. The Morgan fingerprint density at radius 2 is 2.05 bits per heavy atom. The molecule has 0 bridgehead atoms. The van der Waals surface area contributed by atoms with Gasteiger partial charge in [0.1, 0.15) is 5.82 Å². The van der Waals surface area contributed by atoms with Crippen molar-refractivity contribution >= 4 is 15.9 Å². The van der Waals surface area contributed by atoms with Crippen LogP contribution >= 0.6 is 15.9 Å². The highest BCUT2D eigenvalue weighted by atomic mass is 79.9. The summed E-state index contributed by atoms with van der Waals surface area (Å²) < 4.78 is 19.9. The van der Waals surface area contributed by atoms with Crippen LogP contribution in [0, 0.1) is 5.82 Å². The first-order valence-corrected chi connectivity index (χ1v) is 8.20. The fraction of sp³-hybridized carbons (Fsp3) is 0.625. The van der Waals surface area contributed by atoms with Crippen LogP contribution in [-0.4, -0.2) is 25.3 Å². The molecule has 0 aromatic heterocycles. The molecule has 0 aliphatic rings. The molecule has 0 aliphatic carbocycles. The fourth-order valence-electron chi connectivity index (χ4n) is 2.42. The first-order chi connectivity index (χ1) is 9.62. The highest BCUT2D eigenvalue weighted by molar-refractivity contribution is 9.10. The van der Waals surface area contributed by atoms with E-state index in [4.69, 9.17) is 4.74 Å². The third-order valence-electron chi connectivity index (χ3n) is 3.32. The van der Waals surface area contributed by atoms with Crippen molar-refractivity contribution in [1.82, 2.24) is 5.32 Å². The molecule has 0 spiro atoms. The second-order valence-corrected chi connectivity index (χ2v) is 5.74. The van der Waals surface area contributed by atoms with E-state index >= 15 is 0 Å². The number of benzene rings is 1. The Kier molecular flexibility index (Phi) is 8.34. The van der Waals surface area contributed by atoms with Crippen molar-refractivity contribution in [2.75, 3.05) is 13.2 Å². The lowest BCUT2D eigenvalue weighted by atomic mass is 9.98. The molecule has 1 aromatic carbocycles. The lowest BCUT2D eigenvalue weighted by molar-refractivity contribution is 0.0285. The lowest BCUT2D eigenvalue weighted by Crippen LogP contribution is -2.43. The van der Waals surface area contributed by atoms with Crippen LogP contribution in [-0.2, 0) is 11.2 Å². The monoisotopic (exact) mass is 345 g/mol. The van der Waals surface area contributed by atoms with E-state index in [2.05, 4.69) is 35.1 Å². The van der Waals surface area contributed by atoms with Crippen LogP contribution in [0.2, 0.25) is 0 Å². The molecule has 0 saturated heterocycles. The number of hydrogen-bond donors (Lipinski definition) is 1. The Balaban J connectivity index is 2.83. The molecule has 20 heavy (non-hydrogen) atoms. The quantitative estimate of drug-likeness (QED) is 0.719. The zero-order valence-corrected chi connectivity index (χ0v) is 14.2. The van der Waals surface area contributed by atoms with Gasteiger partial charge in [0.15, 0.2) is 0 Å². The standard InChI is InChI=1S/C16H25BrFNO/c1-4-7-16(20-6-3)15(19-5-2)10-12-8-9-13(18)11-14(12)17/h8-9,11,15-16,19H,4-7,10H2,1-3H3. The van der Waals surface area contributed by atoms with Gasteiger partial charge in [0.05, 0.1) is 6.10 Å². The molecule has 114 valence electrons. The van der Waals surface area contributed by atoms with E-state index in [1.807, 2.05) is 13.0 Å². The van der Waals surface area contributed by atoms with Crippen molar-refractivity contribution in [2.45, 2.75) is 52.2 Å². The molecule has 2 atom stereocenters. The van der Waals surface area contributed by atoms with Crippen molar-refractivity contribution in [3.05, 3.63) is 34.1 Å². The largest absolute Gasteiger partial charge is 0.377 e. The Morgan fingerprint density at radius 1 is 1.30 bits per heavy atom. The topological polar surface area (TPSA) is 21.3 Å². The summed E-state index contributed by atoms with van der Waals surface area (Å²) in [6.45, 7) is 7.91. The van der Waals surface area contributed by atoms with E-state index in [0.717, 1.165) is 42.5 Å². The summed E-state index contributed by atoms with van der Waals surface area (Å²) >= 11 is 3.45. The maximum atomic E-state index is 13.2. The molecule has 0 aliphatic heterocycles. The second-order valence-electron chi connectivity index (χ2n) is 4.89. The molecule has 1 rings (SSSR count). The van der Waals surface area contributed by atoms with Crippen molar-refractivity contribution in [3.63, 3.8) is 0 Å². The zero-order chi connectivity index (χ0) is 15.0. The van der Waals surface area contributed by atoms with Crippen molar-refractivity contribution in [1.29, 1.82) is 0 Å². The molecule has 0 amide bonds. The Labute approximate surface area is 130 Å². The fourth-order valence-corrected chi connectivity index (χ4v) is 2.93. The van der Waals surface area contributed by atoms with Gasteiger partial charge in [-0.15, -0.1) is 0 Å². The molecular weight excluding hydrogens is 321 g/mol. The molecule has 2 unspecified atom stereocenters. The molecule has 2 nitrogen and oxygen atoms in total. The summed E-state index contributed by atoms with van der Waals surface area (Å²) in [5.74, 6) is -0.212. The number of hydrogen-bond acceptors (Lipinski definition) is 2. The smallest absolute Gasteiger partial charge is 0.124 e. The summed E-state index contributed by atoms with van der Waals surface area (Å²) in [4.78, 5) is 0. The van der Waals surface area contributed by atoms with Crippen molar-refractivity contribution in [3.8, 4) is 0 Å². The van der Waals surface area contributed by atoms with Gasteiger partial charge in [-0.2, -0.15) is 0 Å². The third-order valence-corrected chi connectivity index (χ3v) is 4.06. The minimum absolute atomic E-state index is 0.196. The molecule has 0 radical (unpaired) electrons. The van der Waals surface area contributed by atoms with Gasteiger partial charge in [0.25, 0.3) is 0 Å². The highest BCUT2D eigenvalue weighted by Crippen LogP contribution is 2.21. The van der Waals surface area contributed by atoms with E-state index in [-0.39, 0.29) is 18.0 Å². The van der Waals surface area contributed by atoms with Gasteiger partial charge >= 0.3 is 0 Å². The Hall–Kier alpha value is -0.450. The van der Waals surface area contributed by atoms with Crippen molar-refractivity contribution in [2.24, 2.45) is 0 Å². The number of halogens is 2. The molecular formula is C16H25BrFNO. The number of ether oxygens (including phenoxy) is 1. The van der Waals surface area contributed by atoms with E-state index in [1.54, 1.807) is 0 Å². The highest BCUT2D eigenvalue weighted by Gasteiger charge is 2.21. The molecule has 0 fully saturated rings. The van der Waals surface area contributed by atoms with Gasteiger partial charge in [-0.3, -0.25) is 0 Å². The van der Waals surface area contributed by atoms with Gasteiger partial charge in [0.2, 0.25) is 0 Å². The average Bonchev–Trinajstić information content (AvgIpc) is 2.41. The molecule has 4 heteroatoms. The average molecular weight is 346 g/mol. The third kappa shape index (κ3) is 5.51. The predicted octanol–water partition coefficient (Wildman–Crippen LogP) is 4.31. The first-order valence-electron chi connectivity index (χ1n) is 7.41. The van der Waals surface area contributed by atoms with Crippen LogP contribution in [0.15, 0.2) is 22.7 Å². The van der Waals surface area contributed by atoms with Crippen LogP contribution < -0.4 is 5.32 Å². The summed E-state index contributed by atoms with van der Waals surface area (Å²) in [7, 11) is 0. The molecule has 0 heterocycles.